The lowest BCUT2D eigenvalue weighted by molar-refractivity contribution is -0.138. The lowest BCUT2D eigenvalue weighted by atomic mass is 9.90. The van der Waals surface area contributed by atoms with Crippen molar-refractivity contribution in [3.05, 3.63) is 70.3 Å². The third-order valence-electron chi connectivity index (χ3n) is 9.53. The third kappa shape index (κ3) is 5.95. The molecule has 1 unspecified atom stereocenters. The number of likely N-dealkylation sites (tertiary alicyclic amines) is 1. The minimum atomic E-state index is -0.879. The van der Waals surface area contributed by atoms with Crippen molar-refractivity contribution >= 4 is 40.2 Å². The van der Waals surface area contributed by atoms with Crippen LogP contribution in [0.4, 0.5) is 5.69 Å². The van der Waals surface area contributed by atoms with Gasteiger partial charge >= 0.3 is 0 Å². The molecule has 4 amide bonds. The second-order valence-corrected chi connectivity index (χ2v) is 12.4. The SMILES string of the molecule is NC(=O)c1ccc(-n2cc(C3CCN(C(=O)C4CCN(c5ccc6nnn(C7CCC(=O)NC7=O)c(=O)c6c5)CC4)CC3)nn2)cc1. The molecule has 15 heteroatoms. The number of anilines is 1. The van der Waals surface area contributed by atoms with E-state index in [9.17, 15) is 24.0 Å². The van der Waals surface area contributed by atoms with Crippen molar-refractivity contribution < 1.29 is 19.2 Å². The van der Waals surface area contributed by atoms with Gasteiger partial charge in [-0.3, -0.25) is 29.3 Å². The number of hydrogen-bond donors (Lipinski definition) is 2. The van der Waals surface area contributed by atoms with E-state index >= 15 is 0 Å². The van der Waals surface area contributed by atoms with Gasteiger partial charge < -0.3 is 15.5 Å². The van der Waals surface area contributed by atoms with Gasteiger partial charge in [0.1, 0.15) is 11.6 Å². The Morgan fingerprint density at radius 1 is 0.830 bits per heavy atom. The number of aromatic nitrogens is 6. The molecule has 7 rings (SSSR count). The average Bonchev–Trinajstić information content (AvgIpc) is 3.59. The van der Waals surface area contributed by atoms with Crippen LogP contribution in [0.5, 0.6) is 0 Å². The van der Waals surface area contributed by atoms with E-state index in [1.165, 1.54) is 0 Å². The molecule has 3 fully saturated rings. The van der Waals surface area contributed by atoms with Crippen molar-refractivity contribution in [1.82, 2.24) is 40.2 Å². The average molecular weight is 639 g/mol. The lowest BCUT2D eigenvalue weighted by Crippen LogP contribution is -2.45. The molecule has 1 atom stereocenters. The van der Waals surface area contributed by atoms with E-state index in [2.05, 4.69) is 30.8 Å². The Kier molecular flexibility index (Phi) is 7.95. The molecule has 0 aliphatic carbocycles. The lowest BCUT2D eigenvalue weighted by Gasteiger charge is -2.37. The van der Waals surface area contributed by atoms with Crippen LogP contribution in [-0.2, 0) is 14.4 Å². The summed E-state index contributed by atoms with van der Waals surface area (Å²) in [6, 6.07) is 11.4. The van der Waals surface area contributed by atoms with Crippen LogP contribution in [0.25, 0.3) is 16.6 Å². The smallest absolute Gasteiger partial charge is 0.278 e. The van der Waals surface area contributed by atoms with Gasteiger partial charge in [-0.15, -0.1) is 10.2 Å². The monoisotopic (exact) mass is 638 g/mol. The molecule has 0 spiro atoms. The van der Waals surface area contributed by atoms with Gasteiger partial charge in [-0.2, -0.15) is 4.68 Å². The summed E-state index contributed by atoms with van der Waals surface area (Å²) >= 11 is 0. The highest BCUT2D eigenvalue weighted by atomic mass is 16.2. The first kappa shape index (κ1) is 30.2. The van der Waals surface area contributed by atoms with Crippen LogP contribution in [-0.4, -0.2) is 84.7 Å². The normalized spacial score (nSPS) is 19.6. The van der Waals surface area contributed by atoms with Gasteiger partial charge in [-0.25, -0.2) is 4.68 Å². The molecular weight excluding hydrogens is 604 g/mol. The van der Waals surface area contributed by atoms with Gasteiger partial charge in [-0.05, 0) is 74.6 Å². The van der Waals surface area contributed by atoms with E-state index < -0.39 is 23.4 Å². The Morgan fingerprint density at radius 2 is 1.55 bits per heavy atom. The highest BCUT2D eigenvalue weighted by Gasteiger charge is 2.33. The van der Waals surface area contributed by atoms with Crippen LogP contribution < -0.4 is 21.5 Å². The third-order valence-corrected chi connectivity index (χ3v) is 9.53. The Labute approximate surface area is 268 Å². The number of nitrogens with one attached hydrogen (secondary N) is 1. The molecule has 3 aliphatic rings. The number of imide groups is 1. The minimum absolute atomic E-state index is 0.0666. The highest BCUT2D eigenvalue weighted by molar-refractivity contribution is 5.99. The number of piperidine rings is 3. The van der Waals surface area contributed by atoms with Crippen LogP contribution in [0.2, 0.25) is 0 Å². The van der Waals surface area contributed by atoms with Crippen LogP contribution in [0.1, 0.15) is 66.5 Å². The number of rotatable bonds is 6. The van der Waals surface area contributed by atoms with Gasteiger partial charge in [0.15, 0.2) is 0 Å². The number of fused-ring (bicyclic) bond motifs is 1. The fourth-order valence-electron chi connectivity index (χ4n) is 6.77. The first-order chi connectivity index (χ1) is 22.7. The topological polar surface area (TPSA) is 191 Å². The fourth-order valence-corrected chi connectivity index (χ4v) is 6.77. The van der Waals surface area contributed by atoms with Gasteiger partial charge in [0.2, 0.25) is 17.7 Å². The molecule has 2 aromatic carbocycles. The summed E-state index contributed by atoms with van der Waals surface area (Å²) < 4.78 is 2.75. The summed E-state index contributed by atoms with van der Waals surface area (Å²) in [4.78, 5) is 66.2. The largest absolute Gasteiger partial charge is 0.371 e. The molecule has 5 heterocycles. The fraction of sp³-hybridized carbons (Fsp3) is 0.406. The van der Waals surface area contributed by atoms with Crippen molar-refractivity contribution in [3.8, 4) is 5.69 Å². The molecule has 3 saturated heterocycles. The summed E-state index contributed by atoms with van der Waals surface area (Å²) in [6.07, 6.45) is 5.25. The van der Waals surface area contributed by atoms with Crippen LogP contribution in [0.15, 0.2) is 53.5 Å². The Morgan fingerprint density at radius 3 is 2.26 bits per heavy atom. The predicted octanol–water partition coefficient (Wildman–Crippen LogP) is 1.07. The number of nitrogens with two attached hydrogens (primary N) is 1. The van der Waals surface area contributed by atoms with Gasteiger partial charge in [-0.1, -0.05) is 10.4 Å². The molecule has 2 aromatic heterocycles. The molecule has 15 nitrogen and oxygen atoms in total. The number of benzene rings is 2. The Hall–Kier alpha value is -5.47. The molecule has 242 valence electrons. The Bertz CT molecular complexity index is 1920. The Balaban J connectivity index is 0.945. The second-order valence-electron chi connectivity index (χ2n) is 12.4. The molecule has 47 heavy (non-hydrogen) atoms. The number of carbonyl (C=O) groups is 4. The predicted molar refractivity (Wildman–Crippen MR) is 169 cm³/mol. The summed E-state index contributed by atoms with van der Waals surface area (Å²) in [5.74, 6) is -1.08. The number of amides is 4. The maximum Gasteiger partial charge on any atom is 0.278 e. The van der Waals surface area contributed by atoms with Gasteiger partial charge in [0, 0.05) is 55.7 Å². The summed E-state index contributed by atoms with van der Waals surface area (Å²) in [5, 5.41) is 19.4. The van der Waals surface area contributed by atoms with Crippen LogP contribution in [0.3, 0.4) is 0 Å². The van der Waals surface area contributed by atoms with Crippen molar-refractivity contribution in [2.75, 3.05) is 31.1 Å². The summed E-state index contributed by atoms with van der Waals surface area (Å²) in [6.45, 7) is 2.66. The minimum Gasteiger partial charge on any atom is -0.371 e. The maximum absolute atomic E-state index is 13.5. The van der Waals surface area contributed by atoms with E-state index in [4.69, 9.17) is 5.73 Å². The van der Waals surface area contributed by atoms with Crippen molar-refractivity contribution in [2.45, 2.75) is 50.5 Å². The molecule has 0 radical (unpaired) electrons. The van der Waals surface area contributed by atoms with E-state index in [0.717, 1.165) is 34.6 Å². The van der Waals surface area contributed by atoms with E-state index in [0.29, 0.717) is 55.5 Å². The molecule has 0 saturated carbocycles. The molecule has 0 bridgehead atoms. The molecule has 4 aromatic rings. The summed E-state index contributed by atoms with van der Waals surface area (Å²) in [7, 11) is 0. The first-order valence-electron chi connectivity index (χ1n) is 15.8. The van der Waals surface area contributed by atoms with E-state index in [-0.39, 0.29) is 36.5 Å². The van der Waals surface area contributed by atoms with E-state index in [1.54, 1.807) is 41.1 Å². The van der Waals surface area contributed by atoms with Crippen molar-refractivity contribution in [2.24, 2.45) is 11.7 Å². The molecule has 3 aliphatic heterocycles. The van der Waals surface area contributed by atoms with Crippen LogP contribution >= 0.6 is 0 Å². The number of nitrogens with zero attached hydrogens (tertiary/aromatic N) is 8. The van der Waals surface area contributed by atoms with E-state index in [1.807, 2.05) is 17.2 Å². The maximum atomic E-state index is 13.5. The zero-order valence-electron chi connectivity index (χ0n) is 25.6. The standard InChI is InChI=1S/C32H34N10O5/c33-29(44)20-1-3-22(4-2-20)41-18-26(36-37-41)19-9-15-40(16-10-19)31(46)21-11-13-39(14-12-21)23-5-6-25-24(17-23)32(47)42(38-35-25)27-7-8-28(43)34-30(27)45/h1-6,17-19,21,27H,7-16H2,(H2,33,44)(H,34,43,45). The highest BCUT2D eigenvalue weighted by Crippen LogP contribution is 2.31. The summed E-state index contributed by atoms with van der Waals surface area (Å²) in [5.41, 5.74) is 8.28. The van der Waals surface area contributed by atoms with Crippen molar-refractivity contribution in [3.63, 3.8) is 0 Å². The number of primary amides is 1. The van der Waals surface area contributed by atoms with Crippen molar-refractivity contribution in [1.29, 1.82) is 0 Å². The molecule has 3 N–H and O–H groups in total. The quantitative estimate of drug-likeness (QED) is 0.289. The molecular formula is C32H34N10O5. The number of hydrogen-bond acceptors (Lipinski definition) is 10. The van der Waals surface area contributed by atoms with Crippen LogP contribution in [0, 0.1) is 5.92 Å². The zero-order valence-corrected chi connectivity index (χ0v) is 25.6. The number of carbonyl (C=O) groups excluding carboxylic acids is 4. The van der Waals surface area contributed by atoms with Gasteiger partial charge in [0.05, 0.1) is 23.0 Å². The zero-order chi connectivity index (χ0) is 32.7. The second kappa shape index (κ2) is 12.4. The first-order valence-corrected chi connectivity index (χ1v) is 15.8. The van der Waals surface area contributed by atoms with Gasteiger partial charge in [0.25, 0.3) is 11.5 Å².